The summed E-state index contributed by atoms with van der Waals surface area (Å²) in [6, 6.07) is 14.7. The topological polar surface area (TPSA) is 98.1 Å². The van der Waals surface area contributed by atoms with Crippen LogP contribution >= 0.6 is 11.6 Å². The second kappa shape index (κ2) is 9.64. The maximum atomic E-state index is 13.4. The number of fused-ring (bicyclic) bond motifs is 1. The number of hydrogen-bond acceptors (Lipinski definition) is 5. The molecule has 1 amide bonds. The summed E-state index contributed by atoms with van der Waals surface area (Å²) < 4.78 is 28.2. The van der Waals surface area contributed by atoms with Gasteiger partial charge >= 0.3 is 0 Å². The van der Waals surface area contributed by atoms with Gasteiger partial charge in [0.15, 0.2) is 0 Å². The maximum absolute atomic E-state index is 13.4. The second-order valence-corrected chi connectivity index (χ2v) is 10.6. The van der Waals surface area contributed by atoms with Crippen LogP contribution in [0.3, 0.4) is 0 Å². The van der Waals surface area contributed by atoms with Crippen molar-refractivity contribution in [3.05, 3.63) is 92.9 Å². The lowest BCUT2D eigenvalue weighted by Gasteiger charge is -2.14. The van der Waals surface area contributed by atoms with Crippen molar-refractivity contribution in [2.24, 2.45) is 0 Å². The molecule has 35 heavy (non-hydrogen) atoms. The molecule has 2 aromatic heterocycles. The molecule has 0 fully saturated rings. The number of benzene rings is 2. The molecule has 0 saturated carbocycles. The number of rotatable bonds is 6. The summed E-state index contributed by atoms with van der Waals surface area (Å²) in [4.78, 5) is 30.1. The predicted molar refractivity (Wildman–Crippen MR) is 137 cm³/mol. The molecule has 0 unspecified atom stereocenters. The number of pyridine rings is 2. The molecule has 0 bridgehead atoms. The van der Waals surface area contributed by atoms with Gasteiger partial charge < -0.3 is 9.88 Å². The zero-order valence-electron chi connectivity index (χ0n) is 19.5. The van der Waals surface area contributed by atoms with Gasteiger partial charge in [0.1, 0.15) is 17.1 Å². The SMILES string of the molecule is CCc1ccc(S(=O)(=O)c2cn(CC(=O)Nc3ccc(C)c(Cl)c3)c3nc(C)ccc3c2=O)cc1. The van der Waals surface area contributed by atoms with Crippen LogP contribution in [0.5, 0.6) is 0 Å². The van der Waals surface area contributed by atoms with Crippen LogP contribution in [-0.4, -0.2) is 23.9 Å². The minimum atomic E-state index is -4.13. The molecule has 0 spiro atoms. The van der Waals surface area contributed by atoms with Crippen molar-refractivity contribution in [1.82, 2.24) is 9.55 Å². The van der Waals surface area contributed by atoms with E-state index < -0.39 is 26.1 Å². The lowest BCUT2D eigenvalue weighted by Crippen LogP contribution is -2.24. The van der Waals surface area contributed by atoms with Crippen LogP contribution in [0.4, 0.5) is 5.69 Å². The Morgan fingerprint density at radius 1 is 1.06 bits per heavy atom. The van der Waals surface area contributed by atoms with E-state index in [9.17, 15) is 18.0 Å². The molecule has 0 radical (unpaired) electrons. The number of aromatic nitrogens is 2. The molecule has 7 nitrogen and oxygen atoms in total. The molecular formula is C26H24ClN3O4S. The highest BCUT2D eigenvalue weighted by atomic mass is 35.5. The first-order valence-electron chi connectivity index (χ1n) is 11.0. The van der Waals surface area contributed by atoms with E-state index in [0.717, 1.165) is 17.5 Å². The first kappa shape index (κ1) is 24.6. The van der Waals surface area contributed by atoms with Gasteiger partial charge in [0.05, 0.1) is 10.3 Å². The summed E-state index contributed by atoms with van der Waals surface area (Å²) in [5.41, 5.74) is 2.55. The molecule has 0 aliphatic rings. The van der Waals surface area contributed by atoms with Crippen molar-refractivity contribution in [3.63, 3.8) is 0 Å². The van der Waals surface area contributed by atoms with Gasteiger partial charge in [-0.05, 0) is 67.8 Å². The van der Waals surface area contributed by atoms with Crippen molar-refractivity contribution in [1.29, 1.82) is 0 Å². The van der Waals surface area contributed by atoms with Crippen molar-refractivity contribution in [2.45, 2.75) is 43.5 Å². The van der Waals surface area contributed by atoms with Crippen molar-refractivity contribution in [3.8, 4) is 0 Å². The third-order valence-corrected chi connectivity index (χ3v) is 7.90. The molecule has 180 valence electrons. The normalized spacial score (nSPS) is 11.5. The van der Waals surface area contributed by atoms with Gasteiger partial charge in [0, 0.05) is 22.6 Å². The molecule has 1 N–H and O–H groups in total. The van der Waals surface area contributed by atoms with Crippen LogP contribution in [0.2, 0.25) is 5.02 Å². The number of amides is 1. The summed E-state index contributed by atoms with van der Waals surface area (Å²) in [6.07, 6.45) is 1.96. The number of aryl methyl sites for hydroxylation is 3. The summed E-state index contributed by atoms with van der Waals surface area (Å²) in [6.45, 7) is 5.32. The number of nitrogens with zero attached hydrogens (tertiary/aromatic N) is 2. The Kier molecular flexibility index (Phi) is 6.78. The maximum Gasteiger partial charge on any atom is 0.244 e. The van der Waals surface area contributed by atoms with E-state index in [-0.39, 0.29) is 22.5 Å². The van der Waals surface area contributed by atoms with E-state index in [1.54, 1.807) is 43.3 Å². The van der Waals surface area contributed by atoms with Crippen molar-refractivity contribution in [2.75, 3.05) is 5.32 Å². The van der Waals surface area contributed by atoms with Crippen LogP contribution in [0.25, 0.3) is 11.0 Å². The average molecular weight is 510 g/mol. The smallest absolute Gasteiger partial charge is 0.244 e. The zero-order valence-corrected chi connectivity index (χ0v) is 21.1. The molecule has 0 aliphatic carbocycles. The van der Waals surface area contributed by atoms with Crippen LogP contribution in [0.1, 0.15) is 23.7 Å². The molecule has 9 heteroatoms. The quantitative estimate of drug-likeness (QED) is 0.406. The second-order valence-electron chi connectivity index (χ2n) is 8.29. The van der Waals surface area contributed by atoms with E-state index in [0.29, 0.717) is 16.4 Å². The van der Waals surface area contributed by atoms with Crippen LogP contribution < -0.4 is 10.7 Å². The van der Waals surface area contributed by atoms with Gasteiger partial charge in [-0.3, -0.25) is 9.59 Å². The number of sulfone groups is 1. The summed E-state index contributed by atoms with van der Waals surface area (Å²) in [5, 5.41) is 3.38. The monoisotopic (exact) mass is 509 g/mol. The predicted octanol–water partition coefficient (Wildman–Crippen LogP) is 4.70. The van der Waals surface area contributed by atoms with Crippen molar-refractivity contribution < 1.29 is 13.2 Å². The van der Waals surface area contributed by atoms with Crippen LogP contribution in [-0.2, 0) is 27.6 Å². The Morgan fingerprint density at radius 3 is 2.43 bits per heavy atom. The van der Waals surface area contributed by atoms with Crippen LogP contribution in [0, 0.1) is 13.8 Å². The number of carbonyl (C=O) groups excluding carboxylic acids is 1. The van der Waals surface area contributed by atoms with Gasteiger partial charge in [-0.15, -0.1) is 0 Å². The van der Waals surface area contributed by atoms with Gasteiger partial charge in [0.2, 0.25) is 21.2 Å². The molecule has 0 atom stereocenters. The number of anilines is 1. The number of carbonyl (C=O) groups is 1. The fourth-order valence-electron chi connectivity index (χ4n) is 3.70. The Labute approximate surface area is 208 Å². The van der Waals surface area contributed by atoms with E-state index in [1.807, 2.05) is 13.8 Å². The molecule has 0 aliphatic heterocycles. The minimum absolute atomic E-state index is 0.0107. The largest absolute Gasteiger partial charge is 0.324 e. The van der Waals surface area contributed by atoms with Crippen LogP contribution in [0.15, 0.2) is 75.4 Å². The lowest BCUT2D eigenvalue weighted by molar-refractivity contribution is -0.116. The molecule has 0 saturated heterocycles. The first-order valence-corrected chi connectivity index (χ1v) is 12.9. The third kappa shape index (κ3) is 4.99. The Hall–Kier alpha value is -3.49. The Bertz CT molecular complexity index is 1610. The number of hydrogen-bond donors (Lipinski definition) is 1. The minimum Gasteiger partial charge on any atom is -0.324 e. The van der Waals surface area contributed by atoms with Gasteiger partial charge in [-0.25, -0.2) is 13.4 Å². The fraction of sp³-hybridized carbons (Fsp3) is 0.192. The fourth-order valence-corrected chi connectivity index (χ4v) is 5.25. The molecule has 2 heterocycles. The van der Waals surface area contributed by atoms with E-state index in [1.165, 1.54) is 29.0 Å². The standard InChI is InChI=1S/C26H24ClN3O4S/c1-4-18-7-10-20(11-8-18)35(33,34)23-14-30(26-21(25(23)32)12-6-17(3)28-26)15-24(31)29-19-9-5-16(2)22(27)13-19/h5-14H,4,15H2,1-3H3,(H,29,31). The Morgan fingerprint density at radius 2 is 1.77 bits per heavy atom. The molecule has 4 rings (SSSR count). The van der Waals surface area contributed by atoms with Gasteiger partial charge in [0.25, 0.3) is 0 Å². The highest BCUT2D eigenvalue weighted by molar-refractivity contribution is 7.91. The highest BCUT2D eigenvalue weighted by Crippen LogP contribution is 2.23. The third-order valence-electron chi connectivity index (χ3n) is 5.73. The average Bonchev–Trinajstić information content (AvgIpc) is 2.83. The summed E-state index contributed by atoms with van der Waals surface area (Å²) in [5.74, 6) is -0.422. The van der Waals surface area contributed by atoms with E-state index >= 15 is 0 Å². The Balaban J connectivity index is 1.79. The summed E-state index contributed by atoms with van der Waals surface area (Å²) in [7, 11) is -4.13. The van der Waals surface area contributed by atoms with E-state index in [4.69, 9.17) is 11.6 Å². The molecule has 2 aromatic carbocycles. The molecule has 4 aromatic rings. The van der Waals surface area contributed by atoms with Gasteiger partial charge in [-0.2, -0.15) is 0 Å². The zero-order chi connectivity index (χ0) is 25.3. The van der Waals surface area contributed by atoms with E-state index in [2.05, 4.69) is 10.3 Å². The summed E-state index contributed by atoms with van der Waals surface area (Å²) >= 11 is 6.15. The van der Waals surface area contributed by atoms with Crippen molar-refractivity contribution >= 4 is 44.1 Å². The number of nitrogens with one attached hydrogen (secondary N) is 1. The highest BCUT2D eigenvalue weighted by Gasteiger charge is 2.25. The van der Waals surface area contributed by atoms with Gasteiger partial charge in [-0.1, -0.05) is 36.7 Å². The first-order chi connectivity index (χ1) is 16.6. The number of halogens is 1. The lowest BCUT2D eigenvalue weighted by atomic mass is 10.2. The molecular weight excluding hydrogens is 486 g/mol.